The summed E-state index contributed by atoms with van der Waals surface area (Å²) in [4.78, 5) is 2.30. The molecule has 7 rings (SSSR count). The molecular weight excluding hydrogens is 635 g/mol. The zero-order valence-electron chi connectivity index (χ0n) is 24.3. The number of benzene rings is 6. The number of unbranched alkanes of at least 4 members (excludes halogenated alkanes) is 1. The summed E-state index contributed by atoms with van der Waals surface area (Å²) < 4.78 is 3.68. The lowest BCUT2D eigenvalue weighted by Gasteiger charge is -2.25. The number of aryl methyl sites for hydroxylation is 1. The number of hydrogen-bond acceptors (Lipinski definition) is 1. The second-order valence-electron chi connectivity index (χ2n) is 11.1. The summed E-state index contributed by atoms with van der Waals surface area (Å²) in [5.41, 5.74) is 10.9. The van der Waals surface area contributed by atoms with Gasteiger partial charge in [-0.2, -0.15) is 0 Å². The molecule has 2 nitrogen and oxygen atoms in total. The van der Waals surface area contributed by atoms with Crippen LogP contribution in [0.1, 0.15) is 25.3 Å². The SMILES string of the molecule is CCCCc1ccc2c(c1)c1cc(I)ccc1n2-c1ccc(-c2ccc(N(c3ccccc3)c3ccccc3)cc2)cc1. The van der Waals surface area contributed by atoms with Crippen LogP contribution in [0.15, 0.2) is 146 Å². The van der Waals surface area contributed by atoms with Crippen molar-refractivity contribution in [1.82, 2.24) is 4.57 Å². The molecule has 1 aromatic heterocycles. The Labute approximate surface area is 267 Å². The number of fused-ring (bicyclic) bond motifs is 3. The Balaban J connectivity index is 1.23. The first-order chi connectivity index (χ1) is 21.2. The third-order valence-electron chi connectivity index (χ3n) is 8.22. The number of halogens is 1. The van der Waals surface area contributed by atoms with Crippen molar-refractivity contribution in [2.24, 2.45) is 0 Å². The maximum Gasteiger partial charge on any atom is 0.0541 e. The van der Waals surface area contributed by atoms with Gasteiger partial charge in [-0.05, 0) is 131 Å². The van der Waals surface area contributed by atoms with Gasteiger partial charge in [-0.25, -0.2) is 0 Å². The minimum Gasteiger partial charge on any atom is -0.311 e. The summed E-state index contributed by atoms with van der Waals surface area (Å²) in [6, 6.07) is 52.8. The lowest BCUT2D eigenvalue weighted by Crippen LogP contribution is -2.09. The van der Waals surface area contributed by atoms with E-state index in [1.807, 2.05) is 0 Å². The molecule has 210 valence electrons. The molecular formula is C40H33IN2. The maximum atomic E-state index is 2.43. The molecule has 3 heteroatoms. The molecule has 0 saturated heterocycles. The van der Waals surface area contributed by atoms with Crippen molar-refractivity contribution in [3.63, 3.8) is 0 Å². The molecule has 0 fully saturated rings. The zero-order chi connectivity index (χ0) is 29.2. The van der Waals surface area contributed by atoms with Gasteiger partial charge in [0.25, 0.3) is 0 Å². The van der Waals surface area contributed by atoms with Crippen molar-refractivity contribution in [1.29, 1.82) is 0 Å². The summed E-state index contributed by atoms with van der Waals surface area (Å²) in [7, 11) is 0. The fourth-order valence-electron chi connectivity index (χ4n) is 6.06. The summed E-state index contributed by atoms with van der Waals surface area (Å²) in [5, 5.41) is 2.66. The fraction of sp³-hybridized carbons (Fsp3) is 0.100. The van der Waals surface area contributed by atoms with Crippen LogP contribution in [0.25, 0.3) is 38.6 Å². The molecule has 43 heavy (non-hydrogen) atoms. The van der Waals surface area contributed by atoms with Crippen LogP contribution in [0.4, 0.5) is 17.1 Å². The molecule has 0 unspecified atom stereocenters. The van der Waals surface area contributed by atoms with E-state index >= 15 is 0 Å². The van der Waals surface area contributed by atoms with E-state index in [0.29, 0.717) is 0 Å². The normalized spacial score (nSPS) is 11.3. The van der Waals surface area contributed by atoms with E-state index in [2.05, 4.69) is 185 Å². The minimum absolute atomic E-state index is 1.13. The highest BCUT2D eigenvalue weighted by Crippen LogP contribution is 2.37. The van der Waals surface area contributed by atoms with Gasteiger partial charge in [-0.15, -0.1) is 0 Å². The Morgan fingerprint density at radius 3 is 1.70 bits per heavy atom. The van der Waals surface area contributed by atoms with E-state index in [1.54, 1.807) is 0 Å². The number of para-hydroxylation sites is 2. The van der Waals surface area contributed by atoms with Crippen LogP contribution in [-0.4, -0.2) is 4.57 Å². The van der Waals surface area contributed by atoms with E-state index in [9.17, 15) is 0 Å². The van der Waals surface area contributed by atoms with Crippen molar-refractivity contribution in [3.05, 3.63) is 155 Å². The first kappa shape index (κ1) is 27.5. The number of nitrogens with zero attached hydrogens (tertiary/aromatic N) is 2. The molecule has 0 spiro atoms. The lowest BCUT2D eigenvalue weighted by molar-refractivity contribution is 0.796. The molecule has 6 aromatic carbocycles. The van der Waals surface area contributed by atoms with Crippen molar-refractivity contribution < 1.29 is 0 Å². The van der Waals surface area contributed by atoms with Gasteiger partial charge in [-0.3, -0.25) is 0 Å². The van der Waals surface area contributed by atoms with Crippen molar-refractivity contribution in [2.75, 3.05) is 4.90 Å². The van der Waals surface area contributed by atoms with E-state index in [0.717, 1.165) is 23.5 Å². The maximum absolute atomic E-state index is 2.43. The largest absolute Gasteiger partial charge is 0.311 e. The monoisotopic (exact) mass is 668 g/mol. The Kier molecular flexibility index (Phi) is 7.73. The van der Waals surface area contributed by atoms with E-state index in [-0.39, 0.29) is 0 Å². The van der Waals surface area contributed by atoms with E-state index in [4.69, 9.17) is 0 Å². The van der Waals surface area contributed by atoms with Gasteiger partial charge >= 0.3 is 0 Å². The van der Waals surface area contributed by atoms with E-state index in [1.165, 1.54) is 60.6 Å². The third-order valence-corrected chi connectivity index (χ3v) is 8.89. The zero-order valence-corrected chi connectivity index (χ0v) is 26.4. The van der Waals surface area contributed by atoms with Gasteiger partial charge in [0.1, 0.15) is 0 Å². The van der Waals surface area contributed by atoms with Crippen LogP contribution < -0.4 is 4.90 Å². The average molecular weight is 669 g/mol. The molecule has 0 saturated carbocycles. The van der Waals surface area contributed by atoms with Crippen molar-refractivity contribution in [2.45, 2.75) is 26.2 Å². The molecule has 1 heterocycles. The average Bonchev–Trinajstić information content (AvgIpc) is 3.38. The fourth-order valence-corrected chi connectivity index (χ4v) is 6.56. The predicted octanol–water partition coefficient (Wildman–Crippen LogP) is 11.9. The Morgan fingerprint density at radius 2 is 1.09 bits per heavy atom. The smallest absolute Gasteiger partial charge is 0.0541 e. The molecule has 7 aromatic rings. The molecule has 0 bridgehead atoms. The summed E-state index contributed by atoms with van der Waals surface area (Å²) >= 11 is 2.43. The number of rotatable bonds is 8. The highest BCUT2D eigenvalue weighted by atomic mass is 127. The summed E-state index contributed by atoms with van der Waals surface area (Å²) in [5.74, 6) is 0. The van der Waals surface area contributed by atoms with E-state index < -0.39 is 0 Å². The molecule has 0 atom stereocenters. The van der Waals surface area contributed by atoms with Crippen LogP contribution in [0, 0.1) is 3.57 Å². The van der Waals surface area contributed by atoms with Gasteiger partial charge in [0.05, 0.1) is 11.0 Å². The lowest BCUT2D eigenvalue weighted by atomic mass is 10.0. The predicted molar refractivity (Wildman–Crippen MR) is 192 cm³/mol. The Hall–Kier alpha value is -4.35. The Bertz CT molecular complexity index is 1950. The number of aromatic nitrogens is 1. The van der Waals surface area contributed by atoms with Crippen LogP contribution >= 0.6 is 22.6 Å². The summed E-state index contributed by atoms with van der Waals surface area (Å²) in [6.45, 7) is 2.26. The molecule has 0 N–H and O–H groups in total. The number of hydrogen-bond donors (Lipinski definition) is 0. The molecule has 0 aliphatic carbocycles. The first-order valence-electron chi connectivity index (χ1n) is 15.0. The van der Waals surface area contributed by atoms with Crippen molar-refractivity contribution in [3.8, 4) is 16.8 Å². The standard InChI is InChI=1S/C40H33IN2/c1-2-3-10-29-15-25-39-37(27-29)38-28-32(41)20-26-40(38)43(39)36-23-18-31(19-24-36)30-16-21-35(22-17-30)42(33-11-6-4-7-12-33)34-13-8-5-9-14-34/h4-9,11-28H,2-3,10H2,1H3. The van der Waals surface area contributed by atoms with Crippen LogP contribution in [0.5, 0.6) is 0 Å². The second kappa shape index (κ2) is 12.1. The summed E-state index contributed by atoms with van der Waals surface area (Å²) in [6.07, 6.45) is 3.57. The Morgan fingerprint density at radius 1 is 0.558 bits per heavy atom. The van der Waals surface area contributed by atoms with Crippen LogP contribution in [0.2, 0.25) is 0 Å². The van der Waals surface area contributed by atoms with Gasteiger partial charge in [0.2, 0.25) is 0 Å². The highest BCUT2D eigenvalue weighted by molar-refractivity contribution is 14.1. The van der Waals surface area contributed by atoms with Crippen LogP contribution in [-0.2, 0) is 6.42 Å². The second-order valence-corrected chi connectivity index (χ2v) is 12.3. The third kappa shape index (κ3) is 5.46. The van der Waals surface area contributed by atoms with Gasteiger partial charge in [-0.1, -0.05) is 80.1 Å². The van der Waals surface area contributed by atoms with Crippen molar-refractivity contribution >= 4 is 61.5 Å². The quantitative estimate of drug-likeness (QED) is 0.146. The van der Waals surface area contributed by atoms with Gasteiger partial charge in [0, 0.05) is 37.1 Å². The number of anilines is 3. The van der Waals surface area contributed by atoms with Gasteiger partial charge < -0.3 is 9.47 Å². The van der Waals surface area contributed by atoms with Crippen LogP contribution in [0.3, 0.4) is 0 Å². The molecule has 0 aliphatic rings. The molecule has 0 aliphatic heterocycles. The van der Waals surface area contributed by atoms with Gasteiger partial charge in [0.15, 0.2) is 0 Å². The topological polar surface area (TPSA) is 8.17 Å². The molecule has 0 amide bonds. The minimum atomic E-state index is 1.13. The highest BCUT2D eigenvalue weighted by Gasteiger charge is 2.15. The molecule has 0 radical (unpaired) electrons. The first-order valence-corrected chi connectivity index (χ1v) is 16.1.